The van der Waals surface area contributed by atoms with Crippen molar-refractivity contribution in [1.29, 1.82) is 0 Å². The molecule has 1 atom stereocenters. The molecule has 1 N–H and O–H groups in total. The Kier molecular flexibility index (Phi) is 7.17. The number of hydrogen-bond donors (Lipinski definition) is 1. The van der Waals surface area contributed by atoms with Gasteiger partial charge in [-0.1, -0.05) is 19.4 Å². The second kappa shape index (κ2) is 10.1. The topological polar surface area (TPSA) is 87.5 Å². The summed E-state index contributed by atoms with van der Waals surface area (Å²) in [4.78, 5) is 43.5. The van der Waals surface area contributed by atoms with Crippen LogP contribution in [-0.4, -0.2) is 62.6 Å². The van der Waals surface area contributed by atoms with E-state index in [4.69, 9.17) is 0 Å². The van der Waals surface area contributed by atoms with Crippen molar-refractivity contribution < 1.29 is 14.4 Å². The largest absolute Gasteiger partial charge is 0.343 e. The summed E-state index contributed by atoms with van der Waals surface area (Å²) in [6.07, 6.45) is 5.87. The monoisotopic (exact) mass is 471 g/mol. The van der Waals surface area contributed by atoms with Crippen LogP contribution in [0.1, 0.15) is 49.6 Å². The number of nitrogens with zero attached hydrogens (tertiary/aromatic N) is 4. The fraction of sp³-hybridized carbons (Fsp3) is 0.583. The summed E-state index contributed by atoms with van der Waals surface area (Å²) in [5.74, 6) is 0.0636. The number of aryl methyl sites for hydroxylation is 2. The lowest BCUT2D eigenvalue weighted by molar-refractivity contribution is -0.136. The fourth-order valence-corrected chi connectivity index (χ4v) is 5.85. The number of carbonyl (C=O) groups excluding carboxylic acids is 3. The van der Waals surface area contributed by atoms with Gasteiger partial charge in [-0.2, -0.15) is 5.10 Å². The first kappa shape index (κ1) is 23.5. The lowest BCUT2D eigenvalue weighted by Gasteiger charge is -2.41. The normalized spacial score (nSPS) is 21.6. The maximum absolute atomic E-state index is 13.5. The predicted molar refractivity (Wildman–Crippen MR) is 127 cm³/mol. The van der Waals surface area contributed by atoms with Crippen LogP contribution in [0, 0.1) is 12.8 Å². The standard InChI is InChI=1S/C24H33N5O3S/c1-3-11-24(22(31)29(23(32)25-24)16-9-20-5-4-17-33-20)19-7-12-27(13-8-19)21(30)10-15-28-14-6-18(2)26-28/h4-6,14,17,19H,3,7-13,15-16H2,1-2H3,(H,25,32). The third-order valence-electron chi connectivity index (χ3n) is 6.88. The van der Waals surface area contributed by atoms with E-state index in [2.05, 4.69) is 10.4 Å². The Morgan fingerprint density at radius 2 is 2.03 bits per heavy atom. The number of thiophene rings is 1. The average Bonchev–Trinajstić information content (AvgIpc) is 3.53. The van der Waals surface area contributed by atoms with Crippen LogP contribution in [0.15, 0.2) is 29.8 Å². The van der Waals surface area contributed by atoms with Crippen LogP contribution in [0.5, 0.6) is 0 Å². The fourth-order valence-electron chi connectivity index (χ4n) is 5.15. The maximum atomic E-state index is 13.5. The molecule has 0 spiro atoms. The number of rotatable bonds is 9. The van der Waals surface area contributed by atoms with Gasteiger partial charge in [0.15, 0.2) is 0 Å². The quantitative estimate of drug-likeness (QED) is 0.569. The summed E-state index contributed by atoms with van der Waals surface area (Å²) in [6, 6.07) is 5.67. The summed E-state index contributed by atoms with van der Waals surface area (Å²) in [7, 11) is 0. The zero-order valence-corrected chi connectivity index (χ0v) is 20.3. The summed E-state index contributed by atoms with van der Waals surface area (Å²) < 4.78 is 1.80. The molecule has 0 saturated carbocycles. The zero-order chi connectivity index (χ0) is 23.4. The van der Waals surface area contributed by atoms with E-state index in [1.165, 1.54) is 9.78 Å². The molecule has 33 heavy (non-hydrogen) atoms. The highest BCUT2D eigenvalue weighted by Gasteiger charge is 2.55. The van der Waals surface area contributed by atoms with E-state index in [1.54, 1.807) is 16.0 Å². The Morgan fingerprint density at radius 1 is 1.24 bits per heavy atom. The van der Waals surface area contributed by atoms with E-state index in [0.29, 0.717) is 45.4 Å². The Labute approximate surface area is 198 Å². The van der Waals surface area contributed by atoms with Gasteiger partial charge in [0.2, 0.25) is 5.91 Å². The Balaban J connectivity index is 1.35. The van der Waals surface area contributed by atoms with Crippen LogP contribution >= 0.6 is 11.3 Å². The first-order valence-corrected chi connectivity index (χ1v) is 12.7. The lowest BCUT2D eigenvalue weighted by atomic mass is 9.74. The minimum atomic E-state index is -0.844. The Bertz CT molecular complexity index is 980. The first-order chi connectivity index (χ1) is 15.9. The van der Waals surface area contributed by atoms with Gasteiger partial charge in [0.05, 0.1) is 5.69 Å². The van der Waals surface area contributed by atoms with Crippen LogP contribution < -0.4 is 5.32 Å². The van der Waals surface area contributed by atoms with Crippen molar-refractivity contribution in [3.63, 3.8) is 0 Å². The van der Waals surface area contributed by atoms with Gasteiger partial charge < -0.3 is 10.2 Å². The third kappa shape index (κ3) is 4.98. The number of aromatic nitrogens is 2. The molecule has 0 aliphatic carbocycles. The number of amides is 4. The number of urea groups is 1. The van der Waals surface area contributed by atoms with E-state index in [0.717, 1.165) is 25.0 Å². The van der Waals surface area contributed by atoms with E-state index in [9.17, 15) is 14.4 Å². The number of hydrogen-bond acceptors (Lipinski definition) is 5. The molecule has 9 heteroatoms. The van der Waals surface area contributed by atoms with Gasteiger partial charge in [-0.25, -0.2) is 4.79 Å². The van der Waals surface area contributed by atoms with Crippen LogP contribution in [0.2, 0.25) is 0 Å². The summed E-state index contributed by atoms with van der Waals surface area (Å²) in [5.41, 5.74) is 0.0976. The summed E-state index contributed by atoms with van der Waals surface area (Å²) in [6.45, 7) is 6.19. The van der Waals surface area contributed by atoms with Gasteiger partial charge in [-0.05, 0) is 56.0 Å². The van der Waals surface area contributed by atoms with Crippen molar-refractivity contribution in [2.24, 2.45) is 5.92 Å². The highest BCUT2D eigenvalue weighted by atomic mass is 32.1. The van der Waals surface area contributed by atoms with Crippen molar-refractivity contribution in [2.75, 3.05) is 19.6 Å². The van der Waals surface area contributed by atoms with Gasteiger partial charge in [0.1, 0.15) is 5.54 Å². The van der Waals surface area contributed by atoms with Crippen molar-refractivity contribution in [1.82, 2.24) is 24.9 Å². The molecule has 1 unspecified atom stereocenters. The molecular formula is C24H33N5O3S. The summed E-state index contributed by atoms with van der Waals surface area (Å²) in [5, 5.41) is 9.43. The second-order valence-electron chi connectivity index (χ2n) is 9.06. The molecule has 2 aliphatic heterocycles. The molecule has 4 amide bonds. The Morgan fingerprint density at radius 3 is 2.67 bits per heavy atom. The van der Waals surface area contributed by atoms with E-state index < -0.39 is 5.54 Å². The predicted octanol–water partition coefficient (Wildman–Crippen LogP) is 3.22. The SMILES string of the molecule is CCCC1(C2CCN(C(=O)CCn3ccc(C)n3)CC2)NC(=O)N(CCc2cccs2)C1=O. The Hall–Kier alpha value is -2.68. The average molecular weight is 472 g/mol. The van der Waals surface area contributed by atoms with Crippen molar-refractivity contribution >= 4 is 29.2 Å². The number of imide groups is 1. The van der Waals surface area contributed by atoms with Crippen LogP contribution in [0.25, 0.3) is 0 Å². The molecule has 8 nitrogen and oxygen atoms in total. The minimum absolute atomic E-state index is 0.0402. The number of likely N-dealkylation sites (tertiary alicyclic amines) is 1. The minimum Gasteiger partial charge on any atom is -0.343 e. The van der Waals surface area contributed by atoms with Gasteiger partial charge in [-0.3, -0.25) is 19.2 Å². The lowest BCUT2D eigenvalue weighted by Crippen LogP contribution is -2.56. The number of nitrogens with one attached hydrogen (secondary N) is 1. The molecular weight excluding hydrogens is 438 g/mol. The van der Waals surface area contributed by atoms with E-state index >= 15 is 0 Å². The number of piperidine rings is 1. The molecule has 2 aromatic heterocycles. The highest BCUT2D eigenvalue weighted by Crippen LogP contribution is 2.37. The molecule has 4 rings (SSSR count). The highest BCUT2D eigenvalue weighted by molar-refractivity contribution is 7.09. The van der Waals surface area contributed by atoms with E-state index in [1.807, 2.05) is 48.5 Å². The van der Waals surface area contributed by atoms with Crippen molar-refractivity contribution in [3.8, 4) is 0 Å². The molecule has 2 saturated heterocycles. The molecule has 0 bridgehead atoms. The van der Waals surface area contributed by atoms with Crippen molar-refractivity contribution in [2.45, 2.75) is 64.5 Å². The first-order valence-electron chi connectivity index (χ1n) is 11.9. The molecule has 0 radical (unpaired) electrons. The van der Waals surface area contributed by atoms with Gasteiger partial charge in [-0.15, -0.1) is 11.3 Å². The molecule has 2 aliphatic rings. The maximum Gasteiger partial charge on any atom is 0.325 e. The number of carbonyl (C=O) groups is 3. The van der Waals surface area contributed by atoms with Crippen LogP contribution in [0.3, 0.4) is 0 Å². The molecule has 0 aromatic carbocycles. The molecule has 2 aromatic rings. The summed E-state index contributed by atoms with van der Waals surface area (Å²) >= 11 is 1.64. The van der Waals surface area contributed by atoms with Gasteiger partial charge in [0, 0.05) is 43.7 Å². The second-order valence-corrected chi connectivity index (χ2v) is 10.1. The molecule has 178 valence electrons. The van der Waals surface area contributed by atoms with Crippen LogP contribution in [-0.2, 0) is 22.6 Å². The molecule has 4 heterocycles. The molecule has 2 fully saturated rings. The van der Waals surface area contributed by atoms with E-state index in [-0.39, 0.29) is 23.8 Å². The van der Waals surface area contributed by atoms with Gasteiger partial charge >= 0.3 is 6.03 Å². The van der Waals surface area contributed by atoms with Gasteiger partial charge in [0.25, 0.3) is 5.91 Å². The van der Waals surface area contributed by atoms with Crippen LogP contribution in [0.4, 0.5) is 4.79 Å². The smallest absolute Gasteiger partial charge is 0.325 e. The third-order valence-corrected chi connectivity index (χ3v) is 7.82. The van der Waals surface area contributed by atoms with Crippen molar-refractivity contribution in [3.05, 3.63) is 40.3 Å². The zero-order valence-electron chi connectivity index (χ0n) is 19.5.